The van der Waals surface area contributed by atoms with E-state index in [1.807, 2.05) is 0 Å². The second kappa shape index (κ2) is 16.7. The summed E-state index contributed by atoms with van der Waals surface area (Å²) in [5.74, 6) is 13.0. The molecule has 0 aromatic heterocycles. The van der Waals surface area contributed by atoms with Crippen molar-refractivity contribution in [2.75, 3.05) is 0 Å². The largest absolute Gasteiger partial charge is 0.294 e. The van der Waals surface area contributed by atoms with Gasteiger partial charge in [-0.1, -0.05) is 83.1 Å². The average Bonchev–Trinajstić information content (AvgIpc) is 3.14. The van der Waals surface area contributed by atoms with Gasteiger partial charge in [0, 0.05) is 36.3 Å². The van der Waals surface area contributed by atoms with Crippen molar-refractivity contribution >= 4 is 0 Å². The van der Waals surface area contributed by atoms with Crippen LogP contribution in [0.15, 0.2) is 0 Å². The van der Waals surface area contributed by atoms with Crippen LogP contribution in [0.2, 0.25) is 0 Å². The summed E-state index contributed by atoms with van der Waals surface area (Å²) in [7, 11) is 0. The monoisotopic (exact) mass is 773 g/mol. The molecule has 12 atom stereocenters. The maximum atomic E-state index is 3.43. The van der Waals surface area contributed by atoms with Crippen molar-refractivity contribution in [3.05, 3.63) is 0 Å². The molecule has 0 amide bonds. The highest BCUT2D eigenvalue weighted by atomic mass is 15.2. The first kappa shape index (κ1) is 42.6. The van der Waals surface area contributed by atoms with Gasteiger partial charge in [-0.05, 0) is 222 Å². The summed E-state index contributed by atoms with van der Waals surface area (Å²) in [6.07, 6.45) is 30.1. The highest BCUT2D eigenvalue weighted by Gasteiger charge is 2.60. The Bertz CT molecular complexity index is 1150. The first-order chi connectivity index (χ1) is 26.5. The minimum absolute atomic E-state index is 0.439. The number of nitrogens with zero attached hydrogens (tertiary/aromatic N) is 2. The Kier molecular flexibility index (Phi) is 12.7. The Hall–Kier alpha value is -0.0800. The molecule has 0 aromatic carbocycles. The fourth-order valence-corrected chi connectivity index (χ4v) is 17.8. The molecule has 0 aliphatic heterocycles. The molecule has 12 unspecified atom stereocenters. The van der Waals surface area contributed by atoms with Crippen LogP contribution in [0.4, 0.5) is 0 Å². The summed E-state index contributed by atoms with van der Waals surface area (Å²) in [6.45, 7) is 31.3. The fraction of sp³-hybridized carbons (Fsp3) is 1.00. The fourth-order valence-electron chi connectivity index (χ4n) is 17.8. The summed E-state index contributed by atoms with van der Waals surface area (Å²) in [5, 5.41) is 0. The Morgan fingerprint density at radius 3 is 0.964 bits per heavy atom. The standard InChI is InChI=1S/C54H96N2/c1-33-13-21-43(22-14-33)55(51-35(3)29-41(30-36(51)4)53(7,8)9)47-27-19-39-18-26-46-48(28-20-40-17-25-45(47)49(39)50(40)46)56(44-23-15-34(2)16-24-44)52-37(5)31-42(32-38(52)6)54(10,11)12/h33-52H,13-32H2,1-12H3. The maximum absolute atomic E-state index is 3.43. The van der Waals surface area contributed by atoms with E-state index in [2.05, 4.69) is 92.9 Å². The summed E-state index contributed by atoms with van der Waals surface area (Å²) in [6, 6.07) is 5.03. The predicted molar refractivity (Wildman–Crippen MR) is 241 cm³/mol. The zero-order valence-corrected chi connectivity index (χ0v) is 39.6. The first-order valence-electron chi connectivity index (χ1n) is 26.1. The van der Waals surface area contributed by atoms with Crippen LogP contribution in [-0.2, 0) is 0 Å². The van der Waals surface area contributed by atoms with E-state index in [4.69, 9.17) is 0 Å². The molecule has 8 rings (SSSR count). The lowest BCUT2D eigenvalue weighted by atomic mass is 9.46. The van der Waals surface area contributed by atoms with Crippen LogP contribution in [0, 0.1) is 93.7 Å². The molecule has 0 aromatic rings. The summed E-state index contributed by atoms with van der Waals surface area (Å²) in [4.78, 5) is 6.86. The Morgan fingerprint density at radius 2 is 0.661 bits per heavy atom. The third-order valence-electron chi connectivity index (χ3n) is 20.6. The Morgan fingerprint density at radius 1 is 0.357 bits per heavy atom. The molecule has 0 radical (unpaired) electrons. The van der Waals surface area contributed by atoms with Crippen LogP contribution in [0.5, 0.6) is 0 Å². The SMILES string of the molecule is CC1CCC(N(C2CCC3CCC4C5C(CCC2C35)CCC4N(C2CCC(C)CC2)C2C(C)CC(C(C)(C)C)CC2C)C2C(C)CC(C(C)(C)C)CC2C)CC1. The second-order valence-electron chi connectivity index (χ2n) is 26.1. The van der Waals surface area contributed by atoms with Crippen molar-refractivity contribution < 1.29 is 0 Å². The highest BCUT2D eigenvalue weighted by Crippen LogP contribution is 2.63. The van der Waals surface area contributed by atoms with Crippen molar-refractivity contribution in [3.8, 4) is 0 Å². The summed E-state index contributed by atoms with van der Waals surface area (Å²) in [5.41, 5.74) is 0.879. The van der Waals surface area contributed by atoms with Crippen molar-refractivity contribution in [3.63, 3.8) is 0 Å². The van der Waals surface area contributed by atoms with E-state index in [0.717, 1.165) is 119 Å². The van der Waals surface area contributed by atoms with Crippen molar-refractivity contribution in [1.82, 2.24) is 9.80 Å². The lowest BCUT2D eigenvalue weighted by molar-refractivity contribution is -0.162. The molecule has 0 spiro atoms. The van der Waals surface area contributed by atoms with Gasteiger partial charge in [-0.25, -0.2) is 0 Å². The third-order valence-corrected chi connectivity index (χ3v) is 20.6. The molecule has 322 valence electrons. The topological polar surface area (TPSA) is 6.48 Å². The van der Waals surface area contributed by atoms with Gasteiger partial charge in [-0.15, -0.1) is 0 Å². The molecule has 8 aliphatic carbocycles. The molecule has 56 heavy (non-hydrogen) atoms. The van der Waals surface area contributed by atoms with Gasteiger partial charge in [0.15, 0.2) is 0 Å². The molecule has 8 fully saturated rings. The van der Waals surface area contributed by atoms with Gasteiger partial charge in [0.2, 0.25) is 0 Å². The van der Waals surface area contributed by atoms with Crippen LogP contribution < -0.4 is 0 Å². The molecular formula is C54H96N2. The smallest absolute Gasteiger partial charge is 0.0153 e. The zero-order chi connectivity index (χ0) is 39.8. The van der Waals surface area contributed by atoms with Gasteiger partial charge in [-0.2, -0.15) is 0 Å². The van der Waals surface area contributed by atoms with Gasteiger partial charge >= 0.3 is 0 Å². The lowest BCUT2D eigenvalue weighted by Gasteiger charge is -2.65. The van der Waals surface area contributed by atoms with Gasteiger partial charge in [0.1, 0.15) is 0 Å². The molecule has 0 N–H and O–H groups in total. The lowest BCUT2D eigenvalue weighted by Crippen LogP contribution is -2.66. The van der Waals surface area contributed by atoms with Crippen LogP contribution in [0.25, 0.3) is 0 Å². The van der Waals surface area contributed by atoms with E-state index in [0.29, 0.717) is 10.8 Å². The van der Waals surface area contributed by atoms with Gasteiger partial charge in [0.25, 0.3) is 0 Å². The Labute approximate surface area is 350 Å². The van der Waals surface area contributed by atoms with Crippen molar-refractivity contribution in [1.29, 1.82) is 0 Å². The van der Waals surface area contributed by atoms with E-state index in [1.54, 1.807) is 38.5 Å². The van der Waals surface area contributed by atoms with E-state index >= 15 is 0 Å². The number of hydrogen-bond acceptors (Lipinski definition) is 2. The molecule has 0 heterocycles. The normalized spacial score (nSPS) is 50.5. The van der Waals surface area contributed by atoms with Gasteiger partial charge < -0.3 is 0 Å². The van der Waals surface area contributed by atoms with E-state index in [9.17, 15) is 0 Å². The quantitative estimate of drug-likeness (QED) is 0.265. The molecule has 2 nitrogen and oxygen atoms in total. The minimum Gasteiger partial charge on any atom is -0.294 e. The van der Waals surface area contributed by atoms with Crippen LogP contribution in [0.1, 0.15) is 212 Å². The predicted octanol–water partition coefficient (Wildman–Crippen LogP) is 14.6. The number of hydrogen-bond donors (Lipinski definition) is 0. The molecule has 8 aliphatic rings. The van der Waals surface area contributed by atoms with Crippen LogP contribution >= 0.6 is 0 Å². The molecule has 8 saturated carbocycles. The third kappa shape index (κ3) is 8.17. The van der Waals surface area contributed by atoms with Crippen LogP contribution in [0.3, 0.4) is 0 Å². The molecule has 0 saturated heterocycles. The maximum Gasteiger partial charge on any atom is 0.0153 e. The highest BCUT2D eigenvalue weighted by molar-refractivity contribution is 5.11. The van der Waals surface area contributed by atoms with E-state index in [1.165, 1.54) is 89.9 Å². The summed E-state index contributed by atoms with van der Waals surface area (Å²) >= 11 is 0. The first-order valence-corrected chi connectivity index (χ1v) is 26.1. The summed E-state index contributed by atoms with van der Waals surface area (Å²) < 4.78 is 0. The number of rotatable bonds is 6. The van der Waals surface area contributed by atoms with Crippen molar-refractivity contribution in [2.24, 2.45) is 93.7 Å². The minimum atomic E-state index is 0.439. The van der Waals surface area contributed by atoms with Crippen LogP contribution in [-0.4, -0.2) is 46.1 Å². The van der Waals surface area contributed by atoms with Crippen molar-refractivity contribution in [2.45, 2.75) is 248 Å². The molecule has 2 heteroatoms. The molecule has 0 bridgehead atoms. The Balaban J connectivity index is 1.10. The average molecular weight is 773 g/mol. The second-order valence-corrected chi connectivity index (χ2v) is 26.1. The molecular weight excluding hydrogens is 677 g/mol. The van der Waals surface area contributed by atoms with Gasteiger partial charge in [0.05, 0.1) is 0 Å². The van der Waals surface area contributed by atoms with E-state index in [-0.39, 0.29) is 0 Å². The zero-order valence-electron chi connectivity index (χ0n) is 39.6. The van der Waals surface area contributed by atoms with E-state index < -0.39 is 0 Å². The van der Waals surface area contributed by atoms with Gasteiger partial charge in [-0.3, -0.25) is 9.80 Å².